The molecule has 1 aliphatic rings. The average molecular weight is 435 g/mol. The van der Waals surface area contributed by atoms with Crippen LogP contribution in [0.5, 0.6) is 0 Å². The van der Waals surface area contributed by atoms with E-state index in [9.17, 15) is 24.3 Å². The highest BCUT2D eigenvalue weighted by Gasteiger charge is 2.73. The van der Waals surface area contributed by atoms with Crippen LogP contribution in [0.1, 0.15) is 39.7 Å². The summed E-state index contributed by atoms with van der Waals surface area (Å²) < 4.78 is 15.4. The van der Waals surface area contributed by atoms with E-state index in [1.54, 1.807) is 37.3 Å². The van der Waals surface area contributed by atoms with Crippen molar-refractivity contribution in [2.45, 2.75) is 57.7 Å². The molecule has 1 unspecified atom stereocenters. The number of hydrogen-bond donors (Lipinski definition) is 1. The predicted molar refractivity (Wildman–Crippen MR) is 109 cm³/mol. The molecule has 2 rings (SSSR count). The van der Waals surface area contributed by atoms with Gasteiger partial charge in [0, 0.05) is 6.42 Å². The van der Waals surface area contributed by atoms with E-state index in [4.69, 9.17) is 14.2 Å². The van der Waals surface area contributed by atoms with Gasteiger partial charge in [0.25, 0.3) is 5.54 Å². The highest BCUT2D eigenvalue weighted by molar-refractivity contribution is 6.13. The second-order valence-electron chi connectivity index (χ2n) is 7.32. The van der Waals surface area contributed by atoms with Gasteiger partial charge < -0.3 is 24.2 Å². The van der Waals surface area contributed by atoms with Crippen molar-refractivity contribution in [1.82, 2.24) is 4.90 Å². The van der Waals surface area contributed by atoms with Crippen LogP contribution in [0, 0.1) is 0 Å². The quantitative estimate of drug-likeness (QED) is 0.347. The maximum Gasteiger partial charge on any atom is 0.347 e. The molecule has 9 nitrogen and oxygen atoms in total. The van der Waals surface area contributed by atoms with E-state index in [0.717, 1.165) is 4.90 Å². The van der Waals surface area contributed by atoms with E-state index in [1.165, 1.54) is 20.8 Å². The first-order valence-electron chi connectivity index (χ1n) is 10.3. The molecule has 9 heteroatoms. The number of aliphatic hydroxyl groups is 1. The van der Waals surface area contributed by atoms with Crippen molar-refractivity contribution in [3.63, 3.8) is 0 Å². The smallest absolute Gasteiger partial charge is 0.347 e. The summed E-state index contributed by atoms with van der Waals surface area (Å²) >= 11 is 0. The lowest BCUT2D eigenvalue weighted by Gasteiger charge is -2.42. The van der Waals surface area contributed by atoms with Gasteiger partial charge in [0.15, 0.2) is 0 Å². The third-order valence-corrected chi connectivity index (χ3v) is 5.19. The molecule has 2 atom stereocenters. The fourth-order valence-corrected chi connectivity index (χ4v) is 3.91. The number of hydrogen-bond acceptors (Lipinski definition) is 8. The van der Waals surface area contributed by atoms with Crippen molar-refractivity contribution < 1.29 is 38.5 Å². The van der Waals surface area contributed by atoms with E-state index in [0.29, 0.717) is 5.56 Å². The molecule has 1 aliphatic heterocycles. The number of amides is 1. The zero-order valence-corrected chi connectivity index (χ0v) is 18.3. The minimum absolute atomic E-state index is 0.0222. The Morgan fingerprint density at radius 3 is 2.00 bits per heavy atom. The molecule has 31 heavy (non-hydrogen) atoms. The Morgan fingerprint density at radius 1 is 1.00 bits per heavy atom. The number of esters is 3. The summed E-state index contributed by atoms with van der Waals surface area (Å²) in [6.07, 6.45) is -0.614. The van der Waals surface area contributed by atoms with E-state index in [2.05, 4.69) is 0 Å². The van der Waals surface area contributed by atoms with Gasteiger partial charge in [-0.1, -0.05) is 30.3 Å². The Kier molecular flexibility index (Phi) is 7.78. The van der Waals surface area contributed by atoms with Crippen LogP contribution in [0.15, 0.2) is 30.3 Å². The van der Waals surface area contributed by atoms with Crippen molar-refractivity contribution in [2.75, 3.05) is 19.8 Å². The molecule has 1 saturated heterocycles. The lowest BCUT2D eigenvalue weighted by atomic mass is 9.80. The normalized spacial score (nSPS) is 20.8. The molecule has 0 aromatic heterocycles. The maximum atomic E-state index is 13.2. The van der Waals surface area contributed by atoms with Crippen molar-refractivity contribution in [1.29, 1.82) is 0 Å². The van der Waals surface area contributed by atoms with Crippen LogP contribution >= 0.6 is 0 Å². The Morgan fingerprint density at radius 2 is 1.52 bits per heavy atom. The van der Waals surface area contributed by atoms with Crippen LogP contribution in [0.25, 0.3) is 0 Å². The fraction of sp³-hybridized carbons (Fsp3) is 0.545. The van der Waals surface area contributed by atoms with Gasteiger partial charge in [0.1, 0.15) is 11.6 Å². The molecule has 1 aromatic rings. The Balaban J connectivity index is 2.71. The van der Waals surface area contributed by atoms with Gasteiger partial charge >= 0.3 is 17.9 Å². The van der Waals surface area contributed by atoms with E-state index >= 15 is 0 Å². The van der Waals surface area contributed by atoms with Crippen LogP contribution in [-0.2, 0) is 39.8 Å². The molecule has 1 heterocycles. The zero-order chi connectivity index (χ0) is 23.2. The number of carbonyl (C=O) groups excluding carboxylic acids is 4. The van der Waals surface area contributed by atoms with Gasteiger partial charge in [-0.25, -0.2) is 14.4 Å². The Labute approximate surface area is 181 Å². The van der Waals surface area contributed by atoms with E-state index in [-0.39, 0.29) is 26.2 Å². The van der Waals surface area contributed by atoms with Crippen LogP contribution in [0.4, 0.5) is 0 Å². The summed E-state index contributed by atoms with van der Waals surface area (Å²) in [6.45, 7) is 5.64. The van der Waals surface area contributed by atoms with E-state index in [1.807, 2.05) is 0 Å². The summed E-state index contributed by atoms with van der Waals surface area (Å²) in [6, 6.07) is 7.41. The fourth-order valence-electron chi connectivity index (χ4n) is 3.91. The summed E-state index contributed by atoms with van der Waals surface area (Å²) in [5.41, 5.74) is -4.06. The number of nitrogens with zero attached hydrogens (tertiary/aromatic N) is 1. The number of ether oxygens (including phenoxy) is 3. The number of benzene rings is 1. The van der Waals surface area contributed by atoms with Gasteiger partial charge in [0.05, 0.1) is 26.2 Å². The molecule has 0 aliphatic carbocycles. The molecule has 1 fully saturated rings. The molecule has 1 aromatic carbocycles. The highest BCUT2D eigenvalue weighted by atomic mass is 16.6. The molecule has 170 valence electrons. The average Bonchev–Trinajstić information content (AvgIpc) is 2.92. The first-order chi connectivity index (χ1) is 14.7. The van der Waals surface area contributed by atoms with Crippen LogP contribution in [-0.4, -0.2) is 70.8 Å². The SMILES string of the molecule is CCOC(=O)[C@@H](Cc1ccccc1)N1C(=O)CC(C)(O)C1(C(=O)OCC)C(=O)OCC. The third-order valence-electron chi connectivity index (χ3n) is 5.19. The van der Waals surface area contributed by atoms with Gasteiger partial charge in [0.2, 0.25) is 5.91 Å². The molecule has 0 saturated carbocycles. The molecular weight excluding hydrogens is 406 g/mol. The van der Waals surface area contributed by atoms with Crippen LogP contribution < -0.4 is 0 Å². The number of carbonyl (C=O) groups is 4. The van der Waals surface area contributed by atoms with Gasteiger partial charge in [-0.05, 0) is 33.3 Å². The predicted octanol–water partition coefficient (Wildman–Crippen LogP) is 1.01. The zero-order valence-electron chi connectivity index (χ0n) is 18.3. The van der Waals surface area contributed by atoms with Gasteiger partial charge in [-0.3, -0.25) is 4.79 Å². The molecular formula is C22H29NO8. The third kappa shape index (κ3) is 4.41. The lowest BCUT2D eigenvalue weighted by Crippen LogP contribution is -2.71. The second kappa shape index (κ2) is 9.91. The molecule has 0 spiro atoms. The Hall–Kier alpha value is -2.94. The topological polar surface area (TPSA) is 119 Å². The Bertz CT molecular complexity index is 802. The second-order valence-corrected chi connectivity index (χ2v) is 7.32. The maximum absolute atomic E-state index is 13.2. The summed E-state index contributed by atoms with van der Waals surface area (Å²) in [5, 5.41) is 11.2. The first-order valence-corrected chi connectivity index (χ1v) is 10.3. The number of rotatable bonds is 9. The van der Waals surface area contributed by atoms with Crippen molar-refractivity contribution in [3.05, 3.63) is 35.9 Å². The summed E-state index contributed by atoms with van der Waals surface area (Å²) in [5.74, 6) is -3.89. The van der Waals surface area contributed by atoms with Crippen LogP contribution in [0.3, 0.4) is 0 Å². The molecule has 1 N–H and O–H groups in total. The molecule has 1 amide bonds. The summed E-state index contributed by atoms with van der Waals surface area (Å²) in [4.78, 5) is 53.2. The largest absolute Gasteiger partial charge is 0.464 e. The van der Waals surface area contributed by atoms with Gasteiger partial charge in [-0.2, -0.15) is 0 Å². The van der Waals surface area contributed by atoms with E-state index < -0.39 is 47.4 Å². The van der Waals surface area contributed by atoms with Crippen molar-refractivity contribution in [2.24, 2.45) is 0 Å². The number of likely N-dealkylation sites (tertiary alicyclic amines) is 1. The standard InChI is InChI=1S/C22H29NO8/c1-5-29-18(25)16(13-15-11-9-8-10-12-15)23-17(24)14-21(4,28)22(23,19(26)30-6-2)20(27)31-7-3/h8-12,16,28H,5-7,13-14H2,1-4H3/t16-,21?/m1/s1. The molecule has 0 radical (unpaired) electrons. The monoisotopic (exact) mass is 435 g/mol. The van der Waals surface area contributed by atoms with Gasteiger partial charge in [-0.15, -0.1) is 0 Å². The molecule has 0 bridgehead atoms. The minimum Gasteiger partial charge on any atom is -0.464 e. The lowest BCUT2D eigenvalue weighted by molar-refractivity contribution is -0.192. The highest BCUT2D eigenvalue weighted by Crippen LogP contribution is 2.43. The minimum atomic E-state index is -2.55. The first kappa shape index (κ1) is 24.3. The summed E-state index contributed by atoms with van der Waals surface area (Å²) in [7, 11) is 0. The van der Waals surface area contributed by atoms with Crippen LogP contribution in [0.2, 0.25) is 0 Å². The van der Waals surface area contributed by atoms with Crippen molar-refractivity contribution in [3.8, 4) is 0 Å². The van der Waals surface area contributed by atoms with Crippen molar-refractivity contribution >= 4 is 23.8 Å².